The Hall–Kier alpha value is -8.85. The highest BCUT2D eigenvalue weighted by molar-refractivity contribution is 6.39. The van der Waals surface area contributed by atoms with E-state index in [2.05, 4.69) is 41.2 Å². The summed E-state index contributed by atoms with van der Waals surface area (Å²) in [6, 6.07) is 4.27. The highest BCUT2D eigenvalue weighted by Crippen LogP contribution is 2.41. The van der Waals surface area contributed by atoms with Gasteiger partial charge in [0.25, 0.3) is 17.7 Å². The number of ketones is 2. The molecule has 2 saturated heterocycles. The lowest BCUT2D eigenvalue weighted by Crippen LogP contribution is -2.61. The number of aliphatic hydroxyl groups is 3. The van der Waals surface area contributed by atoms with Gasteiger partial charge in [0.1, 0.15) is 47.7 Å². The number of aromatic nitrogens is 8. The van der Waals surface area contributed by atoms with Gasteiger partial charge in [0, 0.05) is 116 Å². The van der Waals surface area contributed by atoms with Crippen LogP contribution in [0.2, 0.25) is 0 Å². The van der Waals surface area contributed by atoms with Crippen molar-refractivity contribution in [1.82, 2.24) is 60.6 Å². The van der Waals surface area contributed by atoms with Gasteiger partial charge in [-0.05, 0) is 151 Å². The van der Waals surface area contributed by atoms with E-state index >= 15 is 0 Å². The molecule has 16 atom stereocenters. The molecule has 3 aliphatic heterocycles. The predicted octanol–water partition coefficient (Wildman–Crippen LogP) is 7.57. The SMILES string of the molecule is CO[C@H]1C[C@@H]2CC[C@@H](C)[C@@](O)(O2)C(=O)C(=O)N2CCCC[C@H]2C(=O)O[C@H]([C@H](C)C[C@@H]2CC[C@H](n3cc(CCCC(=O)NCCOCCOCCOCCC(=O)NCCOCCOCCC(=O)NCCCCn4nc(-c5ccc6oc(N)nc6c5)c5c(N)ncnc54)nn3)[C@H](OC)C2)C[C@@H](OC)[C@H](C)/C=C(\C)[C@@H](O)[C@@H](O)C(=O)[C@H](C)C[C@H](C)/C=C/C=CC=C1C. The van der Waals surface area contributed by atoms with Gasteiger partial charge in [0.05, 0.1) is 108 Å². The van der Waals surface area contributed by atoms with E-state index in [1.54, 1.807) is 58.9 Å². The number of nitrogens with one attached hydrogen (secondary N) is 3. The number of methoxy groups -OCH3 is 3. The van der Waals surface area contributed by atoms with Crippen LogP contribution in [0, 0.1) is 35.5 Å². The zero-order valence-electron chi connectivity index (χ0n) is 73.9. The fraction of sp³-hybridized carbons (Fsp3) is 0.674. The third kappa shape index (κ3) is 29.4. The molecule has 35 heteroatoms. The maximum atomic E-state index is 14.9. The van der Waals surface area contributed by atoms with Crippen LogP contribution in [0.25, 0.3) is 33.4 Å². The zero-order valence-corrected chi connectivity index (χ0v) is 73.9. The van der Waals surface area contributed by atoms with E-state index in [4.69, 9.17) is 68.4 Å². The molecule has 0 radical (unpaired) electrons. The number of hydrogen-bond acceptors (Lipinski definition) is 29. The van der Waals surface area contributed by atoms with Crippen LogP contribution in [0.5, 0.6) is 0 Å². The number of amides is 4. The molecule has 124 heavy (non-hydrogen) atoms. The van der Waals surface area contributed by atoms with Gasteiger partial charge in [-0.2, -0.15) is 10.1 Å². The summed E-state index contributed by atoms with van der Waals surface area (Å²) >= 11 is 0. The predicted molar refractivity (Wildman–Crippen MR) is 461 cm³/mol. The van der Waals surface area contributed by atoms with Crippen molar-refractivity contribution < 1.29 is 101 Å². The number of piperidine rings is 1. The summed E-state index contributed by atoms with van der Waals surface area (Å²) in [5, 5.41) is 58.1. The van der Waals surface area contributed by atoms with Crippen molar-refractivity contribution >= 4 is 75.1 Å². The van der Waals surface area contributed by atoms with Crippen molar-refractivity contribution in [2.75, 3.05) is 125 Å². The number of nitrogens with zero attached hydrogens (tertiary/aromatic N) is 9. The minimum atomic E-state index is -2.46. The lowest BCUT2D eigenvalue weighted by molar-refractivity contribution is -0.265. The van der Waals surface area contributed by atoms with Crippen molar-refractivity contribution in [3.8, 4) is 11.3 Å². The monoisotopic (exact) mass is 1730 g/mol. The van der Waals surface area contributed by atoms with Gasteiger partial charge in [0.2, 0.25) is 23.5 Å². The van der Waals surface area contributed by atoms with Crippen LogP contribution >= 0.6 is 0 Å². The molecule has 1 saturated carbocycles. The number of nitrogen functional groups attached to an aromatic ring is 2. The topological polar surface area (TPSA) is 464 Å². The number of benzene rings is 1. The summed E-state index contributed by atoms with van der Waals surface area (Å²) in [4.78, 5) is 109. The van der Waals surface area contributed by atoms with E-state index in [0.717, 1.165) is 29.7 Å². The number of carbonyl (C=O) groups is 7. The van der Waals surface area contributed by atoms with E-state index in [0.29, 0.717) is 195 Å². The van der Waals surface area contributed by atoms with Gasteiger partial charge in [-0.3, -0.25) is 28.8 Å². The number of carbonyl (C=O) groups excluding carboxylic acids is 7. The molecule has 35 nitrogen and oxygen atoms in total. The number of rotatable bonds is 38. The number of nitrogens with two attached hydrogens (primary N) is 2. The van der Waals surface area contributed by atoms with Crippen LogP contribution in [0.4, 0.5) is 11.8 Å². The molecule has 0 unspecified atom stereocenters. The molecular weight excluding hydrogens is 1600 g/mol. The average Bonchev–Trinajstić information content (AvgIpc) is 1.54. The Kier molecular flexibility index (Phi) is 40.3. The number of Topliss-reactive ketones (excluding diaryl/α,β-unsaturated/α-hetero) is 2. The van der Waals surface area contributed by atoms with E-state index in [9.17, 15) is 48.9 Å². The van der Waals surface area contributed by atoms with Gasteiger partial charge in [-0.15, -0.1) is 5.10 Å². The highest BCUT2D eigenvalue weighted by atomic mass is 16.6. The van der Waals surface area contributed by atoms with Gasteiger partial charge < -0.3 is 99.4 Å². The summed E-state index contributed by atoms with van der Waals surface area (Å²) in [6.07, 6.45) is 17.7. The minimum absolute atomic E-state index is 0.0443. The number of anilines is 2. The summed E-state index contributed by atoms with van der Waals surface area (Å²) in [5.74, 6) is -7.82. The van der Waals surface area contributed by atoms with Crippen molar-refractivity contribution in [1.29, 1.82) is 0 Å². The summed E-state index contributed by atoms with van der Waals surface area (Å²) in [6.45, 7) is 17.6. The Morgan fingerprint density at radius 2 is 1.39 bits per heavy atom. The third-order valence-corrected chi connectivity index (χ3v) is 24.0. The Morgan fingerprint density at radius 1 is 0.710 bits per heavy atom. The molecule has 5 aromatic rings. The van der Waals surface area contributed by atoms with Crippen molar-refractivity contribution in [3.63, 3.8) is 0 Å². The van der Waals surface area contributed by atoms with Crippen molar-refractivity contribution in [2.24, 2.45) is 35.5 Å². The quantitative estimate of drug-likeness (QED) is 0.00817. The zero-order chi connectivity index (χ0) is 89.2. The number of esters is 1. The molecule has 7 heterocycles. The number of hydrogen-bond donors (Lipinski definition) is 8. The van der Waals surface area contributed by atoms with Crippen LogP contribution in [-0.4, -0.2) is 269 Å². The summed E-state index contributed by atoms with van der Waals surface area (Å²) in [7, 11) is 4.80. The molecule has 686 valence electrons. The standard InChI is InChI=1S/C89H134N14O21/c1-56-19-12-11-13-20-57(2)71(114-8)52-66-27-24-62(7)89(113,124-66)83(110)86(111)101-35-16-14-22-69(101)87(112)122-73(53-72(115-9)58(3)48-61(6)81(108)82(109)80(107)60(5)47-56)59(4)49-63-25-28-68(74(50-63)116-10)103-54-65(98-100-103)21-18-23-75(104)93-33-39-120-44-46-121-45-42-118-38-31-77(106)94-34-40-119-43-41-117-37-30-76(105)92-32-15-17-36-102-85-78(84(90)95-55-96-85)79(99-102)64-26-29-70-67(51-64)97-88(91)123-70/h11-13,19-20,26,29,48,51,54-56,58-60,62-63,66,68-69,71-74,81-82,108-109,113H,14-18,21-25,27-28,30-47,49-50,52-53H2,1-10H3,(H2,91,97)(H,92,105)(H,93,104)(H,94,106)(H2,90,95,96)/b13-11?,19-12+,57-20?,61-48+/t56-,58-,59-,60-,62-,63+,66+,68+,69+,71+,72-,73+,74-,81-,82+,89-/m1/s1. The number of oxazole rings is 1. The number of ether oxygens (including phenoxy) is 10. The van der Waals surface area contributed by atoms with Crippen molar-refractivity contribution in [3.05, 3.63) is 84.0 Å². The van der Waals surface area contributed by atoms with Gasteiger partial charge >= 0.3 is 5.97 Å². The first-order chi connectivity index (χ1) is 59.7. The second kappa shape index (κ2) is 50.5. The fourth-order valence-electron chi connectivity index (χ4n) is 16.7. The second-order valence-corrected chi connectivity index (χ2v) is 33.4. The number of aryl methyl sites for hydroxylation is 2. The maximum Gasteiger partial charge on any atom is 0.329 e. The molecule has 4 amide bonds. The Labute approximate surface area is 726 Å². The molecule has 1 aliphatic carbocycles. The molecule has 9 rings (SSSR count). The highest BCUT2D eigenvalue weighted by Gasteiger charge is 2.53. The largest absolute Gasteiger partial charge is 0.460 e. The Morgan fingerprint density at radius 3 is 2.08 bits per heavy atom. The van der Waals surface area contributed by atoms with E-state index in [-0.39, 0.29) is 105 Å². The smallest absolute Gasteiger partial charge is 0.329 e. The number of cyclic esters (lactones) is 1. The number of aliphatic hydroxyl groups excluding tert-OH is 2. The number of fused-ring (bicyclic) bond motifs is 5. The summed E-state index contributed by atoms with van der Waals surface area (Å²) < 4.78 is 68.0. The van der Waals surface area contributed by atoms with Gasteiger partial charge in [0.15, 0.2) is 17.0 Å². The van der Waals surface area contributed by atoms with Crippen LogP contribution in [0.15, 0.2) is 82.7 Å². The molecule has 4 aromatic heterocycles. The van der Waals surface area contributed by atoms with Gasteiger partial charge in [-0.25, -0.2) is 24.1 Å². The number of unbranched alkanes of at least 4 members (excludes halogenated alkanes) is 1. The Balaban J connectivity index is 0.627. The molecule has 2 bridgehead atoms. The lowest BCUT2D eigenvalue weighted by Gasteiger charge is -2.43. The first kappa shape index (κ1) is 98.9. The van der Waals surface area contributed by atoms with E-state index in [1.807, 2.05) is 81.1 Å². The molecule has 4 aliphatic rings. The molecule has 10 N–H and O–H groups in total. The molecular formula is C89H134N14O21. The van der Waals surface area contributed by atoms with Crippen molar-refractivity contribution in [2.45, 2.75) is 238 Å². The molecule has 0 spiro atoms. The fourth-order valence-corrected chi connectivity index (χ4v) is 16.7. The Bertz CT molecular complexity index is 4360. The minimum Gasteiger partial charge on any atom is -0.460 e. The first-order valence-electron chi connectivity index (χ1n) is 44.1. The maximum absolute atomic E-state index is 14.9. The van der Waals surface area contributed by atoms with Crippen LogP contribution in [-0.2, 0) is 93.9 Å². The molecule has 1 aromatic carbocycles. The van der Waals surface area contributed by atoms with E-state index in [1.165, 1.54) is 11.2 Å². The third-order valence-electron chi connectivity index (χ3n) is 24.0. The van der Waals surface area contributed by atoms with Crippen LogP contribution in [0.3, 0.4) is 0 Å². The average molecular weight is 1740 g/mol. The second-order valence-electron chi connectivity index (χ2n) is 33.4. The molecule has 3 fully saturated rings. The van der Waals surface area contributed by atoms with Crippen LogP contribution < -0.4 is 27.4 Å². The normalized spacial score (nSPS) is 26.7. The van der Waals surface area contributed by atoms with Crippen LogP contribution in [0.1, 0.15) is 176 Å². The van der Waals surface area contributed by atoms with E-state index < -0.39 is 89.6 Å². The lowest BCUT2D eigenvalue weighted by atomic mass is 9.77. The first-order valence-corrected chi connectivity index (χ1v) is 44.1. The van der Waals surface area contributed by atoms with Gasteiger partial charge in [-0.1, -0.05) is 76.3 Å². The number of allylic oxidation sites excluding steroid dienone is 5. The summed E-state index contributed by atoms with van der Waals surface area (Å²) in [5.41, 5.74) is 17.1.